The number of ether oxygens (including phenoxy) is 1. The van der Waals surface area contributed by atoms with Crippen molar-refractivity contribution in [1.82, 2.24) is 20.4 Å². The van der Waals surface area contributed by atoms with Crippen LogP contribution in [-0.2, 0) is 18.2 Å². The highest BCUT2D eigenvalue weighted by Gasteiger charge is 2.39. The number of aryl methyl sites for hydroxylation is 1. The summed E-state index contributed by atoms with van der Waals surface area (Å²) >= 11 is 0. The Morgan fingerprint density at radius 1 is 1.42 bits per heavy atom. The third-order valence-electron chi connectivity index (χ3n) is 4.26. The molecule has 6 heteroatoms. The normalized spacial score (nSPS) is 21.0. The molecule has 0 aliphatic heterocycles. The minimum atomic E-state index is -0.178. The quantitative estimate of drug-likeness (QED) is 0.471. The molecule has 1 fully saturated rings. The highest BCUT2D eigenvalue weighted by atomic mass is 16.5. The fourth-order valence-electron chi connectivity index (χ4n) is 3.12. The van der Waals surface area contributed by atoms with Crippen LogP contribution in [0.1, 0.15) is 44.2 Å². The first kappa shape index (κ1) is 14.4. The topological polar surface area (TPSA) is 78.0 Å². The molecule has 1 unspecified atom stereocenters. The van der Waals surface area contributed by atoms with E-state index in [-0.39, 0.29) is 11.6 Å². The number of aromatic nitrogens is 3. The maximum atomic E-state index is 5.89. The molecular formula is C13H25N5O. The lowest BCUT2D eigenvalue weighted by atomic mass is 9.84. The van der Waals surface area contributed by atoms with Crippen LogP contribution in [0.15, 0.2) is 6.20 Å². The Kier molecular flexibility index (Phi) is 4.90. The van der Waals surface area contributed by atoms with Crippen LogP contribution in [0, 0.1) is 0 Å². The van der Waals surface area contributed by atoms with E-state index in [0.29, 0.717) is 0 Å². The van der Waals surface area contributed by atoms with Crippen molar-refractivity contribution >= 4 is 0 Å². The van der Waals surface area contributed by atoms with Gasteiger partial charge in [0.1, 0.15) is 0 Å². The van der Waals surface area contributed by atoms with E-state index in [1.165, 1.54) is 25.7 Å². The summed E-state index contributed by atoms with van der Waals surface area (Å²) in [5, 5.41) is 8.12. The first-order chi connectivity index (χ1) is 9.20. The van der Waals surface area contributed by atoms with Crippen molar-refractivity contribution in [2.24, 2.45) is 12.9 Å². The van der Waals surface area contributed by atoms with E-state index in [2.05, 4.69) is 15.7 Å². The van der Waals surface area contributed by atoms with Gasteiger partial charge in [0.15, 0.2) is 0 Å². The minimum Gasteiger partial charge on any atom is -0.377 e. The lowest BCUT2D eigenvalue weighted by Crippen LogP contribution is -2.55. The first-order valence-electron chi connectivity index (χ1n) is 7.07. The molecule has 1 aliphatic carbocycles. The summed E-state index contributed by atoms with van der Waals surface area (Å²) in [7, 11) is 3.67. The van der Waals surface area contributed by atoms with Crippen LogP contribution in [0.3, 0.4) is 0 Å². The van der Waals surface area contributed by atoms with Crippen LogP contribution < -0.4 is 11.3 Å². The summed E-state index contributed by atoms with van der Waals surface area (Å²) in [6, 6.07) is 0.0762. The van der Waals surface area contributed by atoms with Crippen LogP contribution >= 0.6 is 0 Å². The second-order valence-electron chi connectivity index (χ2n) is 5.49. The van der Waals surface area contributed by atoms with Crippen LogP contribution in [0.25, 0.3) is 0 Å². The molecule has 0 amide bonds. The zero-order valence-electron chi connectivity index (χ0n) is 11.9. The summed E-state index contributed by atoms with van der Waals surface area (Å²) in [6.07, 6.45) is 9.76. The Labute approximate surface area is 114 Å². The van der Waals surface area contributed by atoms with Crippen molar-refractivity contribution in [1.29, 1.82) is 0 Å². The van der Waals surface area contributed by atoms with Gasteiger partial charge in [-0.3, -0.25) is 16.0 Å². The average molecular weight is 267 g/mol. The van der Waals surface area contributed by atoms with Crippen LogP contribution in [0.5, 0.6) is 0 Å². The average Bonchev–Trinajstić information content (AvgIpc) is 2.69. The summed E-state index contributed by atoms with van der Waals surface area (Å²) < 4.78 is 7.61. The minimum absolute atomic E-state index is 0.0762. The largest absolute Gasteiger partial charge is 0.377 e. The van der Waals surface area contributed by atoms with Gasteiger partial charge in [-0.15, -0.1) is 5.10 Å². The number of methoxy groups -OCH3 is 1. The summed E-state index contributed by atoms with van der Waals surface area (Å²) in [6.45, 7) is 0. The summed E-state index contributed by atoms with van der Waals surface area (Å²) in [4.78, 5) is 0. The Balaban J connectivity index is 2.12. The van der Waals surface area contributed by atoms with Gasteiger partial charge in [-0.2, -0.15) is 0 Å². The molecule has 1 aliphatic rings. The first-order valence-corrected chi connectivity index (χ1v) is 7.07. The molecule has 1 aromatic rings. The molecule has 19 heavy (non-hydrogen) atoms. The van der Waals surface area contributed by atoms with Crippen molar-refractivity contribution in [3.05, 3.63) is 11.9 Å². The number of rotatable bonds is 5. The molecule has 1 atom stereocenters. The second kappa shape index (κ2) is 6.45. The molecule has 0 radical (unpaired) electrons. The van der Waals surface area contributed by atoms with E-state index in [9.17, 15) is 0 Å². The number of nitrogens with one attached hydrogen (secondary N) is 1. The molecular weight excluding hydrogens is 242 g/mol. The molecule has 1 aromatic heterocycles. The van der Waals surface area contributed by atoms with Crippen molar-refractivity contribution in [2.45, 2.75) is 56.6 Å². The van der Waals surface area contributed by atoms with E-state index in [1.54, 1.807) is 11.8 Å². The van der Waals surface area contributed by atoms with Crippen molar-refractivity contribution in [3.8, 4) is 0 Å². The molecule has 1 heterocycles. The van der Waals surface area contributed by atoms with Crippen LogP contribution in [-0.4, -0.2) is 33.7 Å². The van der Waals surface area contributed by atoms with Gasteiger partial charge in [0.25, 0.3) is 0 Å². The molecule has 0 spiro atoms. The number of hydrogen-bond donors (Lipinski definition) is 2. The highest BCUT2D eigenvalue weighted by Crippen LogP contribution is 2.33. The predicted octanol–water partition coefficient (Wildman–Crippen LogP) is 0.929. The van der Waals surface area contributed by atoms with Gasteiger partial charge in [0, 0.05) is 26.8 Å². The smallest absolute Gasteiger partial charge is 0.0848 e. The Bertz CT molecular complexity index is 384. The monoisotopic (exact) mass is 267 g/mol. The van der Waals surface area contributed by atoms with E-state index >= 15 is 0 Å². The fourth-order valence-corrected chi connectivity index (χ4v) is 3.12. The van der Waals surface area contributed by atoms with Crippen molar-refractivity contribution in [3.63, 3.8) is 0 Å². The molecule has 6 nitrogen and oxygen atoms in total. The van der Waals surface area contributed by atoms with E-state index in [1.807, 2.05) is 13.2 Å². The van der Waals surface area contributed by atoms with Crippen LogP contribution in [0.4, 0.5) is 0 Å². The van der Waals surface area contributed by atoms with Gasteiger partial charge in [-0.05, 0) is 12.8 Å². The molecule has 2 rings (SSSR count). The molecule has 0 aromatic carbocycles. The Morgan fingerprint density at radius 2 is 2.11 bits per heavy atom. The zero-order valence-corrected chi connectivity index (χ0v) is 11.9. The number of hydrazine groups is 1. The van der Waals surface area contributed by atoms with Crippen molar-refractivity contribution in [2.75, 3.05) is 7.11 Å². The Morgan fingerprint density at radius 3 is 2.58 bits per heavy atom. The maximum absolute atomic E-state index is 5.89. The van der Waals surface area contributed by atoms with Crippen LogP contribution in [0.2, 0.25) is 0 Å². The van der Waals surface area contributed by atoms with Gasteiger partial charge >= 0.3 is 0 Å². The Hall–Kier alpha value is -0.980. The molecule has 0 saturated heterocycles. The number of hydrogen-bond acceptors (Lipinski definition) is 5. The lowest BCUT2D eigenvalue weighted by Gasteiger charge is -2.38. The van der Waals surface area contributed by atoms with Gasteiger partial charge in [-0.25, -0.2) is 0 Å². The molecule has 0 bridgehead atoms. The predicted molar refractivity (Wildman–Crippen MR) is 73.3 cm³/mol. The zero-order chi connectivity index (χ0) is 13.7. The summed E-state index contributed by atoms with van der Waals surface area (Å²) in [5.74, 6) is 5.79. The van der Waals surface area contributed by atoms with Gasteiger partial charge in [0.2, 0.25) is 0 Å². The third kappa shape index (κ3) is 3.32. The highest BCUT2D eigenvalue weighted by molar-refractivity contribution is 5.03. The second-order valence-corrected chi connectivity index (χ2v) is 5.49. The van der Waals surface area contributed by atoms with E-state index in [0.717, 1.165) is 25.0 Å². The van der Waals surface area contributed by atoms with Gasteiger partial charge in [0.05, 0.1) is 17.3 Å². The lowest BCUT2D eigenvalue weighted by molar-refractivity contribution is -0.0529. The van der Waals surface area contributed by atoms with Gasteiger partial charge in [-0.1, -0.05) is 30.9 Å². The molecule has 3 N–H and O–H groups in total. The SMILES string of the molecule is COC1(C(Cc2cn(C)nn2)NN)CCCCCC1. The standard InChI is InChI=1S/C13H25N5O/c1-18-10-11(16-17-18)9-12(15-14)13(19-2)7-5-3-4-6-8-13/h10,12,15H,3-9,14H2,1-2H3. The van der Waals surface area contributed by atoms with E-state index < -0.39 is 0 Å². The maximum Gasteiger partial charge on any atom is 0.0848 e. The molecule has 108 valence electrons. The number of nitrogens with zero attached hydrogens (tertiary/aromatic N) is 3. The summed E-state index contributed by atoms with van der Waals surface area (Å²) in [5.41, 5.74) is 3.72. The number of nitrogens with two attached hydrogens (primary N) is 1. The van der Waals surface area contributed by atoms with Crippen molar-refractivity contribution < 1.29 is 4.74 Å². The molecule has 1 saturated carbocycles. The third-order valence-corrected chi connectivity index (χ3v) is 4.26. The van der Waals surface area contributed by atoms with E-state index in [4.69, 9.17) is 10.6 Å². The van der Waals surface area contributed by atoms with Gasteiger partial charge < -0.3 is 4.74 Å². The fraction of sp³-hybridized carbons (Fsp3) is 0.846.